The number of carbonyl (C=O) groups is 2. The molecule has 2 aromatic carbocycles. The molecular weight excluding hydrogens is 378 g/mol. The van der Waals surface area contributed by atoms with E-state index in [1.807, 2.05) is 24.3 Å². The van der Waals surface area contributed by atoms with E-state index in [-0.39, 0.29) is 12.3 Å². The monoisotopic (exact) mass is 405 g/mol. The van der Waals surface area contributed by atoms with E-state index in [0.717, 1.165) is 61.5 Å². The van der Waals surface area contributed by atoms with Crippen molar-refractivity contribution in [2.75, 3.05) is 49.6 Å². The normalized spacial score (nSPS) is 22.2. The van der Waals surface area contributed by atoms with Gasteiger partial charge in [-0.3, -0.25) is 9.59 Å². The molecule has 6 nitrogen and oxygen atoms in total. The average molecular weight is 405 g/mol. The average Bonchev–Trinajstić information content (AvgIpc) is 3.59. The van der Waals surface area contributed by atoms with Gasteiger partial charge in [0.15, 0.2) is 5.78 Å². The van der Waals surface area contributed by atoms with Crippen LogP contribution in [0.1, 0.15) is 23.2 Å². The van der Waals surface area contributed by atoms with Crippen molar-refractivity contribution in [1.82, 2.24) is 4.90 Å². The van der Waals surface area contributed by atoms with E-state index in [4.69, 9.17) is 0 Å². The van der Waals surface area contributed by atoms with Crippen LogP contribution in [0, 0.1) is 5.92 Å². The van der Waals surface area contributed by atoms with Gasteiger partial charge in [-0.1, -0.05) is 30.3 Å². The van der Waals surface area contributed by atoms with Crippen LogP contribution < -0.4 is 9.80 Å². The number of carboxylic acid groups (broad SMARTS) is 1. The summed E-state index contributed by atoms with van der Waals surface area (Å²) in [7, 11) is 2.14. The summed E-state index contributed by atoms with van der Waals surface area (Å²) in [6.07, 6.45) is 2.12. The fourth-order valence-corrected chi connectivity index (χ4v) is 4.66. The first-order valence-electron chi connectivity index (χ1n) is 10.7. The molecule has 0 spiro atoms. The molecule has 2 aliphatic heterocycles. The molecule has 2 heterocycles. The molecule has 1 saturated heterocycles. The van der Waals surface area contributed by atoms with E-state index in [9.17, 15) is 14.7 Å². The van der Waals surface area contributed by atoms with Gasteiger partial charge in [0.1, 0.15) is 5.92 Å². The predicted octanol–water partition coefficient (Wildman–Crippen LogP) is 2.97. The topological polar surface area (TPSA) is 64.1 Å². The number of carbonyl (C=O) groups excluding carboxylic acids is 1. The minimum absolute atomic E-state index is 0.267. The maximum absolute atomic E-state index is 13.1. The van der Waals surface area contributed by atoms with Crippen LogP contribution in [0.4, 0.5) is 11.4 Å². The number of ketones is 1. The highest BCUT2D eigenvalue weighted by Gasteiger charge is 2.42. The van der Waals surface area contributed by atoms with E-state index in [1.165, 1.54) is 0 Å². The highest BCUT2D eigenvalue weighted by Crippen LogP contribution is 2.44. The Morgan fingerprint density at radius 3 is 2.30 bits per heavy atom. The Labute approximate surface area is 176 Å². The van der Waals surface area contributed by atoms with Crippen LogP contribution in [0.3, 0.4) is 0 Å². The van der Waals surface area contributed by atoms with Crippen molar-refractivity contribution in [2.24, 2.45) is 5.92 Å². The summed E-state index contributed by atoms with van der Waals surface area (Å²) < 4.78 is 0. The van der Waals surface area contributed by atoms with Crippen LogP contribution in [0.15, 0.2) is 42.5 Å². The fourth-order valence-electron chi connectivity index (χ4n) is 4.66. The van der Waals surface area contributed by atoms with E-state index in [0.29, 0.717) is 11.6 Å². The Morgan fingerprint density at radius 2 is 1.67 bits per heavy atom. The van der Waals surface area contributed by atoms with Gasteiger partial charge in [-0.2, -0.15) is 0 Å². The second-order valence-electron chi connectivity index (χ2n) is 8.68. The lowest BCUT2D eigenvalue weighted by Crippen LogP contribution is -2.46. The molecule has 0 aromatic heterocycles. The predicted molar refractivity (Wildman–Crippen MR) is 117 cm³/mol. The molecule has 2 aromatic rings. The number of Topliss-reactive ketones (excluding diaryl/α,β-unsaturated/α-hetero) is 1. The Bertz CT molecular complexity index is 979. The number of hydrogen-bond acceptors (Lipinski definition) is 5. The molecule has 1 N–H and O–H groups in total. The lowest BCUT2D eigenvalue weighted by atomic mass is 9.87. The number of rotatable bonds is 4. The molecule has 0 bridgehead atoms. The van der Waals surface area contributed by atoms with Crippen LogP contribution >= 0.6 is 0 Å². The van der Waals surface area contributed by atoms with Crippen molar-refractivity contribution in [3.8, 4) is 11.1 Å². The molecule has 1 saturated carbocycles. The third kappa shape index (κ3) is 3.35. The zero-order valence-corrected chi connectivity index (χ0v) is 17.3. The maximum atomic E-state index is 13.1. The summed E-state index contributed by atoms with van der Waals surface area (Å²) in [4.78, 5) is 31.8. The first-order chi connectivity index (χ1) is 14.5. The Hall–Kier alpha value is -2.86. The van der Waals surface area contributed by atoms with Crippen molar-refractivity contribution < 1.29 is 14.7 Å². The molecule has 0 radical (unpaired) electrons. The second kappa shape index (κ2) is 7.43. The molecule has 5 rings (SSSR count). The molecule has 0 amide bonds. The molecule has 1 aliphatic carbocycles. The number of likely N-dealkylation sites (N-methyl/N-ethyl adjacent to an activating group) is 1. The number of piperazine rings is 1. The van der Waals surface area contributed by atoms with Gasteiger partial charge in [0.05, 0.1) is 0 Å². The van der Waals surface area contributed by atoms with Crippen molar-refractivity contribution in [3.63, 3.8) is 0 Å². The molecule has 156 valence electrons. The van der Waals surface area contributed by atoms with Crippen molar-refractivity contribution >= 4 is 23.1 Å². The Balaban J connectivity index is 1.66. The number of fused-ring (bicyclic) bond motifs is 1. The standard InChI is InChI=1S/C24H27N3O3/c1-25-9-11-26(12-10-25)21-14-22-19(13-18(21)16-5-3-2-4-6-16)23(28)20(24(29)30)15-27(22)17-7-8-17/h2-6,13-14,17,20H,7-12,15H2,1H3,(H,29,30)/t20-/m0/s1. The van der Waals surface area contributed by atoms with E-state index >= 15 is 0 Å². The van der Waals surface area contributed by atoms with Gasteiger partial charge in [0.2, 0.25) is 0 Å². The lowest BCUT2D eigenvalue weighted by molar-refractivity contribution is -0.139. The summed E-state index contributed by atoms with van der Waals surface area (Å²) in [6, 6.07) is 14.5. The number of aliphatic carboxylic acids is 1. The van der Waals surface area contributed by atoms with Crippen LogP contribution in [-0.4, -0.2) is 67.6 Å². The van der Waals surface area contributed by atoms with Crippen molar-refractivity contribution in [3.05, 3.63) is 48.0 Å². The van der Waals surface area contributed by atoms with Crippen molar-refractivity contribution in [2.45, 2.75) is 18.9 Å². The summed E-state index contributed by atoms with van der Waals surface area (Å²) in [6.45, 7) is 4.14. The minimum Gasteiger partial charge on any atom is -0.481 e. The van der Waals surface area contributed by atoms with Crippen LogP contribution in [-0.2, 0) is 4.79 Å². The van der Waals surface area contributed by atoms with Gasteiger partial charge < -0.3 is 19.8 Å². The largest absolute Gasteiger partial charge is 0.481 e. The number of anilines is 2. The molecule has 2 fully saturated rings. The minimum atomic E-state index is -1.03. The Morgan fingerprint density at radius 1 is 0.967 bits per heavy atom. The van der Waals surface area contributed by atoms with Crippen LogP contribution in [0.5, 0.6) is 0 Å². The number of carboxylic acids is 1. The third-order valence-corrected chi connectivity index (χ3v) is 6.60. The van der Waals surface area contributed by atoms with Gasteiger partial charge in [-0.25, -0.2) is 0 Å². The smallest absolute Gasteiger partial charge is 0.316 e. The highest BCUT2D eigenvalue weighted by atomic mass is 16.4. The van der Waals surface area contributed by atoms with Gasteiger partial charge in [0.25, 0.3) is 0 Å². The third-order valence-electron chi connectivity index (χ3n) is 6.60. The van der Waals surface area contributed by atoms with E-state index in [1.54, 1.807) is 0 Å². The first kappa shape index (κ1) is 19.1. The molecular formula is C24H27N3O3. The zero-order chi connectivity index (χ0) is 20.8. The Kier molecular flexibility index (Phi) is 4.74. The lowest BCUT2D eigenvalue weighted by Gasteiger charge is -2.38. The second-order valence-corrected chi connectivity index (χ2v) is 8.68. The molecule has 6 heteroatoms. The number of benzene rings is 2. The number of nitrogens with zero attached hydrogens (tertiary/aromatic N) is 3. The van der Waals surface area contributed by atoms with E-state index < -0.39 is 11.9 Å². The summed E-state index contributed by atoms with van der Waals surface area (Å²) in [5, 5.41) is 9.66. The van der Waals surface area contributed by atoms with Gasteiger partial charge in [-0.05, 0) is 37.6 Å². The summed E-state index contributed by atoms with van der Waals surface area (Å²) in [5.74, 6) is -2.28. The van der Waals surface area contributed by atoms with E-state index in [2.05, 4.69) is 39.9 Å². The quantitative estimate of drug-likeness (QED) is 0.789. The number of hydrogen-bond donors (Lipinski definition) is 1. The van der Waals surface area contributed by atoms with Gasteiger partial charge >= 0.3 is 5.97 Å². The SMILES string of the molecule is CN1CCN(c2cc3c(cc2-c2ccccc2)C(=O)[C@@H](C(=O)O)CN3C2CC2)CC1. The summed E-state index contributed by atoms with van der Waals surface area (Å²) >= 11 is 0. The maximum Gasteiger partial charge on any atom is 0.316 e. The highest BCUT2D eigenvalue weighted by molar-refractivity contribution is 6.14. The first-order valence-corrected chi connectivity index (χ1v) is 10.7. The summed E-state index contributed by atoms with van der Waals surface area (Å²) in [5.41, 5.74) is 4.66. The van der Waals surface area contributed by atoms with Gasteiger partial charge in [0, 0.05) is 61.3 Å². The fraction of sp³-hybridized carbons (Fsp3) is 0.417. The molecule has 30 heavy (non-hydrogen) atoms. The molecule has 3 aliphatic rings. The molecule has 0 unspecified atom stereocenters. The van der Waals surface area contributed by atoms with Gasteiger partial charge in [-0.15, -0.1) is 0 Å². The van der Waals surface area contributed by atoms with Crippen LogP contribution in [0.25, 0.3) is 11.1 Å². The van der Waals surface area contributed by atoms with Crippen LogP contribution in [0.2, 0.25) is 0 Å². The van der Waals surface area contributed by atoms with Crippen molar-refractivity contribution in [1.29, 1.82) is 0 Å². The molecule has 1 atom stereocenters. The zero-order valence-electron chi connectivity index (χ0n) is 17.3.